The van der Waals surface area contributed by atoms with Crippen LogP contribution in [0.25, 0.3) is 0 Å². The van der Waals surface area contributed by atoms with E-state index >= 15 is 0 Å². The normalized spacial score (nSPS) is 11.6. The lowest BCUT2D eigenvalue weighted by Gasteiger charge is -2.09. The van der Waals surface area contributed by atoms with Crippen molar-refractivity contribution in [2.75, 3.05) is 22.7 Å². The van der Waals surface area contributed by atoms with Crippen LogP contribution in [-0.4, -0.2) is 24.5 Å². The van der Waals surface area contributed by atoms with E-state index in [2.05, 4.69) is 16.0 Å². The van der Waals surface area contributed by atoms with Crippen molar-refractivity contribution in [3.05, 3.63) is 42.5 Å². The summed E-state index contributed by atoms with van der Waals surface area (Å²) in [6.07, 6.45) is 0. The molecule has 25 heavy (non-hydrogen) atoms. The summed E-state index contributed by atoms with van der Waals surface area (Å²) in [5.41, 5.74) is 1.31. The van der Waals surface area contributed by atoms with Gasteiger partial charge in [0.25, 0.3) is 0 Å². The molecule has 0 unspecified atom stereocenters. The van der Waals surface area contributed by atoms with Crippen LogP contribution < -0.4 is 25.4 Å². The van der Waals surface area contributed by atoms with Crippen LogP contribution in [0, 0.1) is 0 Å². The molecule has 0 saturated carbocycles. The lowest BCUT2D eigenvalue weighted by Crippen LogP contribution is -2.29. The molecule has 3 N–H and O–H groups in total. The molecule has 2 aromatic carbocycles. The Morgan fingerprint density at radius 2 is 1.40 bits per heavy atom. The second kappa shape index (κ2) is 6.91. The van der Waals surface area contributed by atoms with Gasteiger partial charge in [-0.15, -0.1) is 0 Å². The van der Waals surface area contributed by atoms with E-state index in [0.29, 0.717) is 28.6 Å². The molecule has 0 saturated heterocycles. The van der Waals surface area contributed by atoms with Crippen LogP contribution in [-0.2, 0) is 14.4 Å². The first-order chi connectivity index (χ1) is 12.0. The Hall–Kier alpha value is -3.55. The lowest BCUT2D eigenvalue weighted by molar-refractivity contribution is -0.132. The van der Waals surface area contributed by atoms with Crippen molar-refractivity contribution in [1.82, 2.24) is 0 Å². The molecule has 3 rings (SSSR count). The molecule has 1 aliphatic heterocycles. The predicted octanol–water partition coefficient (Wildman–Crippen LogP) is 1.95. The van der Waals surface area contributed by atoms with Gasteiger partial charge in [0.05, 0.1) is 0 Å². The van der Waals surface area contributed by atoms with Crippen molar-refractivity contribution >= 4 is 34.8 Å². The highest BCUT2D eigenvalue weighted by Crippen LogP contribution is 2.34. The molecule has 8 nitrogen and oxygen atoms in total. The number of amides is 3. The summed E-state index contributed by atoms with van der Waals surface area (Å²) < 4.78 is 10.4. The zero-order valence-electron chi connectivity index (χ0n) is 13.3. The zero-order valence-corrected chi connectivity index (χ0v) is 13.3. The van der Waals surface area contributed by atoms with Crippen molar-refractivity contribution in [1.29, 1.82) is 0 Å². The summed E-state index contributed by atoms with van der Waals surface area (Å²) in [4.78, 5) is 35.1. The molecule has 1 heterocycles. The average molecular weight is 341 g/mol. The van der Waals surface area contributed by atoms with Crippen molar-refractivity contribution in [3.8, 4) is 11.5 Å². The number of nitrogens with one attached hydrogen (secondary N) is 3. The van der Waals surface area contributed by atoms with E-state index in [1.165, 1.54) is 6.92 Å². The first kappa shape index (κ1) is 16.3. The highest BCUT2D eigenvalue weighted by Gasteiger charge is 2.17. The molecule has 0 aliphatic carbocycles. The van der Waals surface area contributed by atoms with Gasteiger partial charge in [-0.1, -0.05) is 6.07 Å². The number of ether oxygens (including phenoxy) is 2. The number of carbonyl (C=O) groups excluding carboxylic acids is 3. The first-order valence-electron chi connectivity index (χ1n) is 7.41. The Morgan fingerprint density at radius 1 is 0.800 bits per heavy atom. The van der Waals surface area contributed by atoms with E-state index in [1.54, 1.807) is 42.5 Å². The maximum Gasteiger partial charge on any atom is 0.314 e. The molecule has 8 heteroatoms. The largest absolute Gasteiger partial charge is 0.454 e. The van der Waals surface area contributed by atoms with E-state index < -0.39 is 11.8 Å². The summed E-state index contributed by atoms with van der Waals surface area (Å²) in [5.74, 6) is -0.816. The van der Waals surface area contributed by atoms with Gasteiger partial charge in [0.15, 0.2) is 11.5 Å². The lowest BCUT2D eigenvalue weighted by atomic mass is 10.2. The Kier molecular flexibility index (Phi) is 4.51. The summed E-state index contributed by atoms with van der Waals surface area (Å²) in [7, 11) is 0. The number of rotatable bonds is 3. The van der Waals surface area contributed by atoms with Crippen LogP contribution >= 0.6 is 0 Å². The Labute approximate surface area is 143 Å². The minimum absolute atomic E-state index is 0.123. The number of hydrogen-bond donors (Lipinski definition) is 3. The Balaban J connectivity index is 1.63. The molecule has 128 valence electrons. The summed E-state index contributed by atoms with van der Waals surface area (Å²) in [6.45, 7) is 1.50. The minimum atomic E-state index is -0.836. The van der Waals surface area contributed by atoms with Crippen molar-refractivity contribution < 1.29 is 23.9 Å². The summed E-state index contributed by atoms with van der Waals surface area (Å²) in [5, 5.41) is 7.55. The topological polar surface area (TPSA) is 106 Å². The minimum Gasteiger partial charge on any atom is -0.454 e. The second-order valence-electron chi connectivity index (χ2n) is 5.24. The zero-order chi connectivity index (χ0) is 17.8. The highest BCUT2D eigenvalue weighted by atomic mass is 16.7. The second-order valence-corrected chi connectivity index (χ2v) is 5.24. The summed E-state index contributed by atoms with van der Waals surface area (Å²) in [6, 6.07) is 11.3. The van der Waals surface area contributed by atoms with Gasteiger partial charge < -0.3 is 25.4 Å². The highest BCUT2D eigenvalue weighted by molar-refractivity contribution is 6.43. The van der Waals surface area contributed by atoms with Gasteiger partial charge in [-0.05, 0) is 30.3 Å². The number of fused-ring (bicyclic) bond motifs is 1. The number of anilines is 3. The van der Waals surface area contributed by atoms with Crippen LogP contribution in [0.5, 0.6) is 11.5 Å². The van der Waals surface area contributed by atoms with Crippen LogP contribution in [0.2, 0.25) is 0 Å². The van der Waals surface area contributed by atoms with Crippen LogP contribution in [0.3, 0.4) is 0 Å². The maximum absolute atomic E-state index is 12.0. The third-order valence-corrected chi connectivity index (χ3v) is 3.28. The van der Waals surface area contributed by atoms with E-state index in [4.69, 9.17) is 9.47 Å². The van der Waals surface area contributed by atoms with Gasteiger partial charge in [-0.25, -0.2) is 0 Å². The molecule has 0 radical (unpaired) electrons. The first-order valence-corrected chi connectivity index (χ1v) is 7.41. The fourth-order valence-electron chi connectivity index (χ4n) is 2.23. The number of hydrogen-bond acceptors (Lipinski definition) is 5. The molecule has 0 aromatic heterocycles. The molecule has 0 fully saturated rings. The van der Waals surface area contributed by atoms with Crippen molar-refractivity contribution in [2.45, 2.75) is 6.92 Å². The third kappa shape index (κ3) is 4.05. The molecule has 0 bridgehead atoms. The van der Waals surface area contributed by atoms with E-state index in [9.17, 15) is 14.4 Å². The van der Waals surface area contributed by atoms with Gasteiger partial charge in [-0.3, -0.25) is 14.4 Å². The van der Waals surface area contributed by atoms with E-state index in [1.807, 2.05) is 0 Å². The predicted molar refractivity (Wildman–Crippen MR) is 90.6 cm³/mol. The van der Waals surface area contributed by atoms with Gasteiger partial charge in [0.2, 0.25) is 12.7 Å². The average Bonchev–Trinajstić information content (AvgIpc) is 3.02. The third-order valence-electron chi connectivity index (χ3n) is 3.28. The Morgan fingerprint density at radius 3 is 2.08 bits per heavy atom. The quantitative estimate of drug-likeness (QED) is 0.740. The Bertz CT molecular complexity index is 850. The molecule has 1 aliphatic rings. The van der Waals surface area contributed by atoms with Crippen LogP contribution in [0.15, 0.2) is 42.5 Å². The van der Waals surface area contributed by atoms with E-state index in [0.717, 1.165) is 0 Å². The van der Waals surface area contributed by atoms with Gasteiger partial charge >= 0.3 is 11.8 Å². The maximum atomic E-state index is 12.0. The fraction of sp³-hybridized carbons (Fsp3) is 0.118. The standard InChI is InChI=1S/C17H15N3O5/c1-10(21)18-11-3-2-4-12(7-11)19-16(22)17(23)20-13-5-6-14-15(8-13)25-9-24-14/h2-8H,9H2,1H3,(H,18,21)(H,19,22)(H,20,23). The SMILES string of the molecule is CC(=O)Nc1cccc(NC(=O)C(=O)Nc2ccc3c(c2)OCO3)c1. The summed E-state index contributed by atoms with van der Waals surface area (Å²) >= 11 is 0. The fourth-order valence-corrected chi connectivity index (χ4v) is 2.23. The van der Waals surface area contributed by atoms with Gasteiger partial charge in [0, 0.05) is 30.1 Å². The molecule has 0 atom stereocenters. The molecule has 0 spiro atoms. The van der Waals surface area contributed by atoms with E-state index in [-0.39, 0.29) is 12.7 Å². The molecular formula is C17H15N3O5. The van der Waals surface area contributed by atoms with Gasteiger partial charge in [-0.2, -0.15) is 0 Å². The van der Waals surface area contributed by atoms with Gasteiger partial charge in [0.1, 0.15) is 0 Å². The molecule has 3 amide bonds. The number of benzene rings is 2. The molecule has 2 aromatic rings. The van der Waals surface area contributed by atoms with Crippen molar-refractivity contribution in [3.63, 3.8) is 0 Å². The van der Waals surface area contributed by atoms with Crippen molar-refractivity contribution in [2.24, 2.45) is 0 Å². The molecular weight excluding hydrogens is 326 g/mol. The van der Waals surface area contributed by atoms with Crippen LogP contribution in [0.4, 0.5) is 17.1 Å². The number of carbonyl (C=O) groups is 3. The monoisotopic (exact) mass is 341 g/mol. The van der Waals surface area contributed by atoms with Crippen LogP contribution in [0.1, 0.15) is 6.92 Å². The smallest absolute Gasteiger partial charge is 0.314 e.